The van der Waals surface area contributed by atoms with E-state index in [9.17, 15) is 14.4 Å². The number of carboxylic acids is 1. The summed E-state index contributed by atoms with van der Waals surface area (Å²) in [6, 6.07) is -0.646. The smallest absolute Gasteiger partial charge is 0.319 e. The molecule has 100 valence electrons. The molecule has 2 amide bonds. The average Bonchev–Trinajstić information content (AvgIpc) is 2.97. The minimum Gasteiger partial charge on any atom is -0.480 e. The van der Waals surface area contributed by atoms with Crippen LogP contribution < -0.4 is 5.32 Å². The highest BCUT2D eigenvalue weighted by atomic mass is 16.4. The third kappa shape index (κ3) is 2.19. The maximum Gasteiger partial charge on any atom is 0.319 e. The summed E-state index contributed by atoms with van der Waals surface area (Å²) in [4.78, 5) is 36.5. The first-order valence-corrected chi connectivity index (χ1v) is 6.30. The number of likely N-dealkylation sites (tertiary alicyclic amines) is 1. The number of rotatable bonds is 4. The largest absolute Gasteiger partial charge is 0.480 e. The number of carbonyl (C=O) groups is 3. The highest BCUT2D eigenvalue weighted by Gasteiger charge is 2.57. The van der Waals surface area contributed by atoms with E-state index in [4.69, 9.17) is 5.11 Å². The summed E-state index contributed by atoms with van der Waals surface area (Å²) in [6.45, 7) is 3.06. The zero-order chi connectivity index (χ0) is 13.3. The molecule has 6 heteroatoms. The standard InChI is InChI=1S/C12H18N2O4/c1-8(9(15)14-6-2-3-7-14)13-10(16)12(4-5-12)11(17)18/h8H,2-7H2,1H3,(H,13,16)(H,17,18). The molecule has 6 nitrogen and oxygen atoms in total. The molecule has 1 aliphatic heterocycles. The topological polar surface area (TPSA) is 86.7 Å². The second-order valence-electron chi connectivity index (χ2n) is 5.11. The highest BCUT2D eigenvalue weighted by molar-refractivity contribution is 6.06. The summed E-state index contributed by atoms with van der Waals surface area (Å²) in [7, 11) is 0. The number of nitrogens with one attached hydrogen (secondary N) is 1. The number of aliphatic carboxylic acids is 1. The molecular formula is C12H18N2O4. The van der Waals surface area contributed by atoms with Crippen molar-refractivity contribution in [1.82, 2.24) is 10.2 Å². The lowest BCUT2D eigenvalue weighted by Crippen LogP contribution is -2.49. The molecule has 2 fully saturated rings. The van der Waals surface area contributed by atoms with Gasteiger partial charge in [0.05, 0.1) is 0 Å². The molecular weight excluding hydrogens is 236 g/mol. The Balaban J connectivity index is 1.91. The van der Waals surface area contributed by atoms with Crippen LogP contribution in [0.2, 0.25) is 0 Å². The minimum absolute atomic E-state index is 0.123. The Morgan fingerprint density at radius 1 is 1.22 bits per heavy atom. The van der Waals surface area contributed by atoms with Crippen LogP contribution in [0.25, 0.3) is 0 Å². The Labute approximate surface area is 105 Å². The number of hydrogen-bond acceptors (Lipinski definition) is 3. The number of hydrogen-bond donors (Lipinski definition) is 2. The monoisotopic (exact) mass is 254 g/mol. The second kappa shape index (κ2) is 4.59. The molecule has 2 N–H and O–H groups in total. The van der Waals surface area contributed by atoms with Crippen molar-refractivity contribution in [2.75, 3.05) is 13.1 Å². The van der Waals surface area contributed by atoms with Gasteiger partial charge in [-0.2, -0.15) is 0 Å². The van der Waals surface area contributed by atoms with E-state index in [2.05, 4.69) is 5.32 Å². The number of carboxylic acid groups (broad SMARTS) is 1. The van der Waals surface area contributed by atoms with Crippen molar-refractivity contribution >= 4 is 17.8 Å². The zero-order valence-electron chi connectivity index (χ0n) is 10.4. The van der Waals surface area contributed by atoms with Crippen LogP contribution in [-0.4, -0.2) is 46.9 Å². The molecule has 0 aromatic carbocycles. The van der Waals surface area contributed by atoms with E-state index in [1.54, 1.807) is 11.8 Å². The SMILES string of the molecule is CC(NC(=O)C1(C(=O)O)CC1)C(=O)N1CCCC1. The fourth-order valence-corrected chi connectivity index (χ4v) is 2.27. The lowest BCUT2D eigenvalue weighted by Gasteiger charge is -2.22. The van der Waals surface area contributed by atoms with Gasteiger partial charge in [0, 0.05) is 13.1 Å². The van der Waals surface area contributed by atoms with E-state index < -0.39 is 23.3 Å². The van der Waals surface area contributed by atoms with Gasteiger partial charge in [-0.15, -0.1) is 0 Å². The fourth-order valence-electron chi connectivity index (χ4n) is 2.27. The average molecular weight is 254 g/mol. The van der Waals surface area contributed by atoms with Crippen molar-refractivity contribution < 1.29 is 19.5 Å². The molecule has 0 bridgehead atoms. The minimum atomic E-state index is -1.28. The van der Waals surface area contributed by atoms with Crippen LogP contribution in [0.15, 0.2) is 0 Å². The third-order valence-corrected chi connectivity index (χ3v) is 3.73. The van der Waals surface area contributed by atoms with Crippen LogP contribution in [0.3, 0.4) is 0 Å². The Morgan fingerprint density at radius 2 is 1.78 bits per heavy atom. The molecule has 2 rings (SSSR count). The Kier molecular flexibility index (Phi) is 3.28. The van der Waals surface area contributed by atoms with Gasteiger partial charge in [-0.3, -0.25) is 14.4 Å². The van der Waals surface area contributed by atoms with Crippen molar-refractivity contribution in [3.63, 3.8) is 0 Å². The van der Waals surface area contributed by atoms with E-state index in [0.717, 1.165) is 25.9 Å². The van der Waals surface area contributed by atoms with E-state index in [-0.39, 0.29) is 5.91 Å². The normalized spacial score (nSPS) is 22.4. The van der Waals surface area contributed by atoms with Gasteiger partial charge in [0.15, 0.2) is 0 Å². The highest BCUT2D eigenvalue weighted by Crippen LogP contribution is 2.46. The van der Waals surface area contributed by atoms with Gasteiger partial charge in [-0.25, -0.2) is 0 Å². The Hall–Kier alpha value is -1.59. The maximum atomic E-state index is 12.0. The van der Waals surface area contributed by atoms with Gasteiger partial charge in [0.1, 0.15) is 11.5 Å². The van der Waals surface area contributed by atoms with Crippen LogP contribution in [-0.2, 0) is 14.4 Å². The number of nitrogens with zero attached hydrogens (tertiary/aromatic N) is 1. The van der Waals surface area contributed by atoms with E-state index in [1.807, 2.05) is 0 Å². The number of carbonyl (C=O) groups excluding carboxylic acids is 2. The van der Waals surface area contributed by atoms with Crippen LogP contribution in [0.5, 0.6) is 0 Å². The molecule has 1 saturated carbocycles. The van der Waals surface area contributed by atoms with E-state index >= 15 is 0 Å². The Bertz CT molecular complexity index is 384. The lowest BCUT2D eigenvalue weighted by atomic mass is 10.1. The molecule has 0 radical (unpaired) electrons. The van der Waals surface area contributed by atoms with Crippen molar-refractivity contribution in [3.8, 4) is 0 Å². The summed E-state index contributed by atoms with van der Waals surface area (Å²) < 4.78 is 0. The first kappa shape index (κ1) is 12.9. The molecule has 1 atom stereocenters. The third-order valence-electron chi connectivity index (χ3n) is 3.73. The lowest BCUT2D eigenvalue weighted by molar-refractivity contribution is -0.150. The summed E-state index contributed by atoms with van der Waals surface area (Å²) >= 11 is 0. The Morgan fingerprint density at radius 3 is 2.22 bits per heavy atom. The van der Waals surface area contributed by atoms with Crippen molar-refractivity contribution in [1.29, 1.82) is 0 Å². The summed E-state index contributed by atoms with van der Waals surface area (Å²) in [5.41, 5.74) is -1.28. The molecule has 1 saturated heterocycles. The van der Waals surface area contributed by atoms with Crippen LogP contribution in [0, 0.1) is 5.41 Å². The van der Waals surface area contributed by atoms with Gasteiger partial charge in [0.2, 0.25) is 11.8 Å². The fraction of sp³-hybridized carbons (Fsp3) is 0.750. The van der Waals surface area contributed by atoms with Gasteiger partial charge < -0.3 is 15.3 Å². The molecule has 1 aliphatic carbocycles. The van der Waals surface area contributed by atoms with Crippen molar-refractivity contribution in [2.24, 2.45) is 5.41 Å². The van der Waals surface area contributed by atoms with Crippen LogP contribution >= 0.6 is 0 Å². The maximum absolute atomic E-state index is 12.0. The molecule has 0 spiro atoms. The van der Waals surface area contributed by atoms with Gasteiger partial charge in [0.25, 0.3) is 0 Å². The molecule has 0 aromatic rings. The van der Waals surface area contributed by atoms with E-state index in [1.165, 1.54) is 0 Å². The quantitative estimate of drug-likeness (QED) is 0.690. The molecule has 1 unspecified atom stereocenters. The van der Waals surface area contributed by atoms with E-state index in [0.29, 0.717) is 12.8 Å². The predicted octanol–water partition coefficient (Wildman–Crippen LogP) is -0.0217. The van der Waals surface area contributed by atoms with Crippen molar-refractivity contribution in [3.05, 3.63) is 0 Å². The van der Waals surface area contributed by atoms with Crippen LogP contribution in [0.1, 0.15) is 32.6 Å². The van der Waals surface area contributed by atoms with Gasteiger partial charge >= 0.3 is 5.97 Å². The first-order valence-electron chi connectivity index (χ1n) is 6.30. The molecule has 1 heterocycles. The van der Waals surface area contributed by atoms with Gasteiger partial charge in [-0.05, 0) is 32.6 Å². The molecule has 18 heavy (non-hydrogen) atoms. The summed E-state index contributed by atoms with van der Waals surface area (Å²) in [5, 5.41) is 11.5. The predicted molar refractivity (Wildman–Crippen MR) is 62.7 cm³/mol. The summed E-state index contributed by atoms with van der Waals surface area (Å²) in [5.74, 6) is -1.75. The number of amides is 2. The molecule has 2 aliphatic rings. The molecule has 0 aromatic heterocycles. The van der Waals surface area contributed by atoms with Crippen molar-refractivity contribution in [2.45, 2.75) is 38.6 Å². The second-order valence-corrected chi connectivity index (χ2v) is 5.11. The zero-order valence-corrected chi connectivity index (χ0v) is 10.4. The first-order chi connectivity index (χ1) is 8.47. The van der Waals surface area contributed by atoms with Crippen LogP contribution in [0.4, 0.5) is 0 Å². The van der Waals surface area contributed by atoms with Gasteiger partial charge in [-0.1, -0.05) is 0 Å². The summed E-state index contributed by atoms with van der Waals surface area (Å²) in [6.07, 6.45) is 2.70.